The Kier molecular flexibility index (Phi) is 7.08. The van der Waals surface area contributed by atoms with E-state index in [0.29, 0.717) is 35.9 Å². The van der Waals surface area contributed by atoms with Gasteiger partial charge in [0.15, 0.2) is 11.7 Å². The Morgan fingerprint density at radius 2 is 1.87 bits per heavy atom. The summed E-state index contributed by atoms with van der Waals surface area (Å²) in [6.45, 7) is 2.27. The van der Waals surface area contributed by atoms with Crippen molar-refractivity contribution in [3.63, 3.8) is 0 Å². The Morgan fingerprint density at radius 1 is 1.18 bits per heavy atom. The van der Waals surface area contributed by atoms with Crippen LogP contribution >= 0.6 is 0 Å². The van der Waals surface area contributed by atoms with Crippen LogP contribution in [-0.2, 0) is 27.4 Å². The zero-order chi connectivity index (χ0) is 27.2. The second-order valence-electron chi connectivity index (χ2n) is 10.7. The molecule has 1 aliphatic heterocycles. The van der Waals surface area contributed by atoms with Crippen LogP contribution in [0.25, 0.3) is 5.65 Å². The molecule has 3 unspecified atom stereocenters. The van der Waals surface area contributed by atoms with E-state index >= 15 is 0 Å². The minimum absolute atomic E-state index is 0.0465. The van der Waals surface area contributed by atoms with Gasteiger partial charge >= 0.3 is 6.18 Å². The molecule has 3 heterocycles. The molecule has 38 heavy (non-hydrogen) atoms. The number of carbonyl (C=O) groups is 1. The number of hydrogen-bond donors (Lipinski definition) is 0. The summed E-state index contributed by atoms with van der Waals surface area (Å²) in [6.07, 6.45) is 1.67. The zero-order valence-corrected chi connectivity index (χ0v) is 22.1. The molecule has 11 heteroatoms. The summed E-state index contributed by atoms with van der Waals surface area (Å²) in [6, 6.07) is 6.88. The van der Waals surface area contributed by atoms with Gasteiger partial charge in [-0.2, -0.15) is 17.6 Å². The van der Waals surface area contributed by atoms with E-state index in [9.17, 15) is 26.6 Å². The van der Waals surface area contributed by atoms with Crippen LogP contribution < -0.4 is 0 Å². The van der Waals surface area contributed by atoms with Crippen LogP contribution in [0.4, 0.5) is 17.6 Å². The molecule has 2 aromatic heterocycles. The van der Waals surface area contributed by atoms with E-state index in [1.165, 1.54) is 61.5 Å². The highest BCUT2D eigenvalue weighted by Crippen LogP contribution is 2.55. The fraction of sp³-hybridized carbons (Fsp3) is 0.519. The highest BCUT2D eigenvalue weighted by molar-refractivity contribution is 7.85. The average Bonchev–Trinajstić information content (AvgIpc) is 3.34. The summed E-state index contributed by atoms with van der Waals surface area (Å²) in [7, 11) is 0.246. The van der Waals surface area contributed by atoms with Crippen LogP contribution in [0, 0.1) is 17.8 Å². The van der Waals surface area contributed by atoms with Crippen molar-refractivity contribution >= 4 is 22.4 Å². The quantitative estimate of drug-likeness (QED) is 0.431. The Balaban J connectivity index is 0.000000161. The number of benzene rings is 1. The van der Waals surface area contributed by atoms with Crippen molar-refractivity contribution in [2.45, 2.75) is 56.7 Å². The molecule has 2 fully saturated rings. The summed E-state index contributed by atoms with van der Waals surface area (Å²) in [4.78, 5) is 17.4. The number of alkyl halides is 3. The summed E-state index contributed by atoms with van der Waals surface area (Å²) >= 11 is 0. The van der Waals surface area contributed by atoms with Crippen LogP contribution in [0.1, 0.15) is 55.5 Å². The largest absolute Gasteiger partial charge is 0.413 e. The molecule has 3 aromatic rings. The zero-order valence-electron chi connectivity index (χ0n) is 21.2. The van der Waals surface area contributed by atoms with Gasteiger partial charge in [0.2, 0.25) is 11.9 Å². The molecule has 204 valence electrons. The number of carbonyl (C=O) groups excluding carboxylic acids is 1. The number of fused-ring (bicyclic) bond motifs is 5. The minimum atomic E-state index is -4.54. The minimum Gasteiger partial charge on any atom is -0.330 e. The van der Waals surface area contributed by atoms with Gasteiger partial charge in [-0.3, -0.25) is 9.00 Å². The summed E-state index contributed by atoms with van der Waals surface area (Å²) in [5.41, 5.74) is 3.32. The first-order valence-corrected chi connectivity index (χ1v) is 14.2. The first-order chi connectivity index (χ1) is 18.0. The predicted octanol–water partition coefficient (Wildman–Crippen LogP) is 5.00. The highest BCUT2D eigenvalue weighted by atomic mass is 32.2. The van der Waals surface area contributed by atoms with Crippen molar-refractivity contribution in [2.24, 2.45) is 11.8 Å². The number of rotatable bonds is 3. The van der Waals surface area contributed by atoms with E-state index in [2.05, 4.69) is 17.0 Å². The lowest BCUT2D eigenvalue weighted by Crippen LogP contribution is -2.43. The summed E-state index contributed by atoms with van der Waals surface area (Å²) in [5.74, 6) is 0.0343. The first-order valence-electron chi connectivity index (χ1n) is 12.8. The van der Waals surface area contributed by atoms with Crippen molar-refractivity contribution in [1.82, 2.24) is 19.5 Å². The van der Waals surface area contributed by atoms with Gasteiger partial charge in [0.25, 0.3) is 0 Å². The molecular formula is C27H30F4N4O2S. The lowest BCUT2D eigenvalue weighted by molar-refractivity contribution is -0.190. The van der Waals surface area contributed by atoms with Crippen molar-refractivity contribution in [2.75, 3.05) is 18.6 Å². The van der Waals surface area contributed by atoms with Crippen LogP contribution in [0.3, 0.4) is 0 Å². The maximum atomic E-state index is 13.4. The average molecular weight is 551 g/mol. The van der Waals surface area contributed by atoms with Gasteiger partial charge in [0.1, 0.15) is 0 Å². The van der Waals surface area contributed by atoms with Gasteiger partial charge in [-0.15, -0.1) is 5.10 Å². The number of amides is 1. The molecule has 1 saturated carbocycles. The molecule has 1 saturated heterocycles. The molecule has 3 aliphatic rings. The predicted molar refractivity (Wildman–Crippen MR) is 135 cm³/mol. The van der Waals surface area contributed by atoms with E-state index in [0.717, 1.165) is 11.3 Å². The maximum Gasteiger partial charge on any atom is 0.413 e. The standard InChI is InChI=1S/C15H18F3NO2S.C12H12FN3/c1-19(14(20)12-7-9-22(21)10-8-12)13(15(16,17)18)11-5-3-2-4-6-11;1-12-3-2-8(12)4-7-6-14-10-5-9(13)15-16(10)11(7)12/h2-6,12-13H,7-10H2,1H3;5-6,8H,2-4H2,1H3. The number of aromatic nitrogens is 3. The Hall–Kier alpha value is -2.82. The van der Waals surface area contributed by atoms with Crippen LogP contribution in [0.5, 0.6) is 0 Å². The van der Waals surface area contributed by atoms with E-state index in [4.69, 9.17) is 0 Å². The van der Waals surface area contributed by atoms with E-state index < -0.39 is 40.8 Å². The third-order valence-corrected chi connectivity index (χ3v) is 9.73. The molecule has 3 atom stereocenters. The lowest BCUT2D eigenvalue weighted by atomic mass is 9.63. The molecule has 0 N–H and O–H groups in total. The second-order valence-corrected chi connectivity index (χ2v) is 12.3. The van der Waals surface area contributed by atoms with Crippen LogP contribution in [0.2, 0.25) is 0 Å². The fourth-order valence-electron chi connectivity index (χ4n) is 6.11. The van der Waals surface area contributed by atoms with Gasteiger partial charge < -0.3 is 4.90 Å². The van der Waals surface area contributed by atoms with E-state index in [-0.39, 0.29) is 11.0 Å². The molecule has 0 radical (unpaired) electrons. The number of halogens is 4. The molecule has 2 aliphatic carbocycles. The Bertz CT molecular complexity index is 1350. The maximum absolute atomic E-state index is 13.4. The van der Waals surface area contributed by atoms with Crippen molar-refractivity contribution in [1.29, 1.82) is 0 Å². The number of hydrogen-bond acceptors (Lipinski definition) is 4. The van der Waals surface area contributed by atoms with Crippen LogP contribution in [-0.4, -0.2) is 54.3 Å². The van der Waals surface area contributed by atoms with Crippen molar-refractivity contribution < 1.29 is 26.6 Å². The molecular weight excluding hydrogens is 520 g/mol. The third-order valence-electron chi connectivity index (χ3n) is 8.35. The Labute approximate surface area is 220 Å². The summed E-state index contributed by atoms with van der Waals surface area (Å²) in [5, 5.41) is 3.94. The highest BCUT2D eigenvalue weighted by Gasteiger charge is 2.51. The smallest absolute Gasteiger partial charge is 0.330 e. The van der Waals surface area contributed by atoms with Gasteiger partial charge in [-0.25, -0.2) is 9.50 Å². The lowest BCUT2D eigenvalue weighted by Gasteiger charge is -2.42. The van der Waals surface area contributed by atoms with Gasteiger partial charge in [-0.1, -0.05) is 37.3 Å². The van der Waals surface area contributed by atoms with Gasteiger partial charge in [0.05, 0.1) is 5.69 Å². The summed E-state index contributed by atoms with van der Waals surface area (Å²) < 4.78 is 66.4. The normalized spacial score (nSPS) is 26.9. The molecule has 1 amide bonds. The van der Waals surface area contributed by atoms with E-state index in [1.54, 1.807) is 10.6 Å². The molecule has 6 nitrogen and oxygen atoms in total. The monoisotopic (exact) mass is 550 g/mol. The van der Waals surface area contributed by atoms with E-state index in [1.807, 2.05) is 6.20 Å². The van der Waals surface area contributed by atoms with Crippen LogP contribution in [0.15, 0.2) is 42.6 Å². The van der Waals surface area contributed by atoms with Gasteiger partial charge in [0, 0.05) is 52.9 Å². The van der Waals surface area contributed by atoms with Gasteiger partial charge in [-0.05, 0) is 49.1 Å². The molecule has 0 spiro atoms. The second kappa shape index (κ2) is 10.1. The molecule has 1 aromatic carbocycles. The number of nitrogens with zero attached hydrogens (tertiary/aromatic N) is 4. The Morgan fingerprint density at radius 3 is 2.47 bits per heavy atom. The first kappa shape index (κ1) is 26.8. The molecule has 0 bridgehead atoms. The van der Waals surface area contributed by atoms with Crippen molar-refractivity contribution in [3.8, 4) is 0 Å². The molecule has 6 rings (SSSR count). The van der Waals surface area contributed by atoms with Crippen molar-refractivity contribution in [3.05, 3.63) is 65.4 Å². The topological polar surface area (TPSA) is 67.6 Å². The SMILES string of the molecule is CC12CCC1Cc1cnc3cc(F)nn3c12.CN(C(=O)C1CCS(=O)CC1)C(c1ccccc1)C(F)(F)F. The fourth-order valence-corrected chi connectivity index (χ4v) is 7.41. The third kappa shape index (κ3) is 4.85.